The number of carbonyl (C=O) groups is 1. The van der Waals surface area contributed by atoms with Gasteiger partial charge in [-0.15, -0.1) is 0 Å². The van der Waals surface area contributed by atoms with Gasteiger partial charge in [0.25, 0.3) is 0 Å². The van der Waals surface area contributed by atoms with Crippen molar-refractivity contribution in [2.75, 3.05) is 19.7 Å². The van der Waals surface area contributed by atoms with Gasteiger partial charge in [-0.05, 0) is 44.4 Å². The van der Waals surface area contributed by atoms with Gasteiger partial charge in [0.05, 0.1) is 6.61 Å². The molecule has 1 N–H and O–H groups in total. The summed E-state index contributed by atoms with van der Waals surface area (Å²) in [6.07, 6.45) is 2.69. The van der Waals surface area contributed by atoms with Gasteiger partial charge in [-0.25, -0.2) is 4.79 Å². The van der Waals surface area contributed by atoms with Crippen molar-refractivity contribution < 1.29 is 9.53 Å². The molecule has 1 aliphatic rings. The van der Waals surface area contributed by atoms with Gasteiger partial charge in [0.2, 0.25) is 0 Å². The third-order valence-electron chi connectivity index (χ3n) is 3.65. The Morgan fingerprint density at radius 1 is 1.55 bits per heavy atom. The van der Waals surface area contributed by atoms with Crippen LogP contribution >= 0.6 is 0 Å². The molecule has 5 heteroatoms. The molecule has 20 heavy (non-hydrogen) atoms. The smallest absolute Gasteiger partial charge is 0.409 e. The van der Waals surface area contributed by atoms with Crippen molar-refractivity contribution in [3.05, 3.63) is 29.1 Å². The Balaban J connectivity index is 1.82. The quantitative estimate of drug-likeness (QED) is 0.915. The number of aromatic nitrogens is 1. The lowest BCUT2D eigenvalue weighted by molar-refractivity contribution is 0.115. The molecule has 1 fully saturated rings. The van der Waals surface area contributed by atoms with Crippen LogP contribution in [-0.2, 0) is 11.3 Å². The molecule has 0 spiro atoms. The molecule has 1 atom stereocenters. The third kappa shape index (κ3) is 3.70. The fourth-order valence-electron chi connectivity index (χ4n) is 2.47. The van der Waals surface area contributed by atoms with Gasteiger partial charge in [0.15, 0.2) is 0 Å². The number of ether oxygens (including phenoxy) is 1. The second kappa shape index (κ2) is 6.70. The molecular weight excluding hydrogens is 254 g/mol. The van der Waals surface area contributed by atoms with Crippen molar-refractivity contribution in [2.24, 2.45) is 0 Å². The number of hydrogen-bond acceptors (Lipinski definition) is 4. The summed E-state index contributed by atoms with van der Waals surface area (Å²) in [7, 11) is 0. The molecule has 110 valence electrons. The van der Waals surface area contributed by atoms with Crippen LogP contribution in [0.4, 0.5) is 4.79 Å². The number of carbonyl (C=O) groups excluding carboxylic acids is 1. The van der Waals surface area contributed by atoms with Gasteiger partial charge >= 0.3 is 6.09 Å². The van der Waals surface area contributed by atoms with Crippen LogP contribution < -0.4 is 5.32 Å². The fraction of sp³-hybridized carbons (Fsp3) is 0.600. The maximum absolute atomic E-state index is 11.6. The van der Waals surface area contributed by atoms with Gasteiger partial charge in [0.1, 0.15) is 0 Å². The first kappa shape index (κ1) is 14.8. The summed E-state index contributed by atoms with van der Waals surface area (Å²) in [5.41, 5.74) is 3.51. The van der Waals surface area contributed by atoms with Crippen LogP contribution in [0.2, 0.25) is 0 Å². The van der Waals surface area contributed by atoms with Gasteiger partial charge in [-0.3, -0.25) is 4.98 Å². The van der Waals surface area contributed by atoms with Crippen LogP contribution in [0.1, 0.15) is 30.2 Å². The maximum Gasteiger partial charge on any atom is 0.409 e. The van der Waals surface area contributed by atoms with E-state index in [1.54, 1.807) is 4.90 Å². The number of amides is 1. The molecule has 0 aromatic carbocycles. The Labute approximate surface area is 120 Å². The average Bonchev–Trinajstić information content (AvgIpc) is 2.87. The molecule has 0 radical (unpaired) electrons. The van der Waals surface area contributed by atoms with E-state index < -0.39 is 0 Å². The van der Waals surface area contributed by atoms with E-state index >= 15 is 0 Å². The molecule has 1 amide bonds. The SMILES string of the molecule is CCOC(=O)N1CC[C@H](NCc2cnc(C)cc2C)C1. The molecule has 0 aliphatic carbocycles. The van der Waals surface area contributed by atoms with Gasteiger partial charge < -0.3 is 15.0 Å². The first-order valence-electron chi connectivity index (χ1n) is 7.17. The van der Waals surface area contributed by atoms with Crippen LogP contribution in [0.15, 0.2) is 12.3 Å². The van der Waals surface area contributed by atoms with Crippen LogP contribution in [0.25, 0.3) is 0 Å². The highest BCUT2D eigenvalue weighted by Crippen LogP contribution is 2.13. The van der Waals surface area contributed by atoms with E-state index in [4.69, 9.17) is 4.74 Å². The standard InChI is InChI=1S/C15H23N3O2/c1-4-20-15(19)18-6-5-14(10-18)17-9-13-8-16-12(3)7-11(13)2/h7-8,14,17H,4-6,9-10H2,1-3H3/t14-/m0/s1. The summed E-state index contributed by atoms with van der Waals surface area (Å²) >= 11 is 0. The Hall–Kier alpha value is -1.62. The summed E-state index contributed by atoms with van der Waals surface area (Å²) in [5, 5.41) is 3.50. The van der Waals surface area contributed by atoms with Crippen molar-refractivity contribution in [1.29, 1.82) is 0 Å². The Kier molecular flexibility index (Phi) is 4.95. The van der Waals surface area contributed by atoms with Crippen molar-refractivity contribution in [2.45, 2.75) is 39.8 Å². The number of aryl methyl sites for hydroxylation is 2. The lowest BCUT2D eigenvalue weighted by Gasteiger charge is -2.16. The minimum Gasteiger partial charge on any atom is -0.450 e. The summed E-state index contributed by atoms with van der Waals surface area (Å²) < 4.78 is 5.02. The average molecular weight is 277 g/mol. The number of nitrogens with one attached hydrogen (secondary N) is 1. The second-order valence-electron chi connectivity index (χ2n) is 5.26. The van der Waals surface area contributed by atoms with Crippen LogP contribution in [-0.4, -0.2) is 41.7 Å². The number of likely N-dealkylation sites (tertiary alicyclic amines) is 1. The van der Waals surface area contributed by atoms with E-state index in [0.717, 1.165) is 31.7 Å². The van der Waals surface area contributed by atoms with Crippen molar-refractivity contribution in [3.8, 4) is 0 Å². The lowest BCUT2D eigenvalue weighted by atomic mass is 10.1. The Bertz CT molecular complexity index is 476. The van der Waals surface area contributed by atoms with Gasteiger partial charge in [0, 0.05) is 37.6 Å². The molecule has 0 bridgehead atoms. The van der Waals surface area contributed by atoms with Crippen molar-refractivity contribution >= 4 is 6.09 Å². The molecule has 1 aromatic heterocycles. The predicted octanol–water partition coefficient (Wildman–Crippen LogP) is 2.02. The van der Waals surface area contributed by atoms with E-state index in [1.165, 1.54) is 11.1 Å². The largest absolute Gasteiger partial charge is 0.450 e. The van der Waals surface area contributed by atoms with E-state index in [9.17, 15) is 4.79 Å². The zero-order chi connectivity index (χ0) is 14.5. The molecule has 2 heterocycles. The van der Waals surface area contributed by atoms with Gasteiger partial charge in [-0.2, -0.15) is 0 Å². The Morgan fingerprint density at radius 2 is 2.35 bits per heavy atom. The number of rotatable bonds is 4. The molecule has 1 aromatic rings. The molecule has 0 saturated carbocycles. The normalized spacial score (nSPS) is 18.4. The van der Waals surface area contributed by atoms with Crippen molar-refractivity contribution in [3.63, 3.8) is 0 Å². The van der Waals surface area contributed by atoms with Gasteiger partial charge in [-0.1, -0.05) is 0 Å². The van der Waals surface area contributed by atoms with E-state index in [2.05, 4.69) is 23.3 Å². The minimum atomic E-state index is -0.204. The summed E-state index contributed by atoms with van der Waals surface area (Å²) in [6, 6.07) is 2.43. The number of pyridine rings is 1. The lowest BCUT2D eigenvalue weighted by Crippen LogP contribution is -2.35. The molecule has 0 unspecified atom stereocenters. The van der Waals surface area contributed by atoms with E-state index in [1.807, 2.05) is 20.0 Å². The molecule has 2 rings (SSSR count). The highest BCUT2D eigenvalue weighted by molar-refractivity contribution is 5.68. The molecule has 1 saturated heterocycles. The topological polar surface area (TPSA) is 54.5 Å². The summed E-state index contributed by atoms with van der Waals surface area (Å²) in [4.78, 5) is 17.7. The molecular formula is C15H23N3O2. The zero-order valence-corrected chi connectivity index (χ0v) is 12.5. The van der Waals surface area contributed by atoms with Crippen LogP contribution in [0, 0.1) is 13.8 Å². The zero-order valence-electron chi connectivity index (χ0n) is 12.5. The monoisotopic (exact) mass is 277 g/mol. The summed E-state index contributed by atoms with van der Waals surface area (Å²) in [5.74, 6) is 0. The minimum absolute atomic E-state index is 0.204. The second-order valence-corrected chi connectivity index (χ2v) is 5.26. The predicted molar refractivity (Wildman–Crippen MR) is 77.6 cm³/mol. The van der Waals surface area contributed by atoms with E-state index in [-0.39, 0.29) is 6.09 Å². The van der Waals surface area contributed by atoms with E-state index in [0.29, 0.717) is 12.6 Å². The first-order valence-corrected chi connectivity index (χ1v) is 7.17. The summed E-state index contributed by atoms with van der Waals surface area (Å²) in [6.45, 7) is 8.64. The fourth-order valence-corrected chi connectivity index (χ4v) is 2.47. The highest BCUT2D eigenvalue weighted by atomic mass is 16.6. The molecule has 5 nitrogen and oxygen atoms in total. The third-order valence-corrected chi connectivity index (χ3v) is 3.65. The highest BCUT2D eigenvalue weighted by Gasteiger charge is 2.26. The van der Waals surface area contributed by atoms with Crippen LogP contribution in [0.3, 0.4) is 0 Å². The van der Waals surface area contributed by atoms with Crippen molar-refractivity contribution in [1.82, 2.24) is 15.2 Å². The number of hydrogen-bond donors (Lipinski definition) is 1. The Morgan fingerprint density at radius 3 is 3.05 bits per heavy atom. The maximum atomic E-state index is 11.6. The molecule has 1 aliphatic heterocycles. The van der Waals surface area contributed by atoms with Crippen LogP contribution in [0.5, 0.6) is 0 Å². The number of nitrogens with zero attached hydrogens (tertiary/aromatic N) is 2. The first-order chi connectivity index (χ1) is 9.60.